The Balaban J connectivity index is 3.83. The van der Waals surface area contributed by atoms with Crippen LogP contribution in [0.2, 0.25) is 0 Å². The Morgan fingerprint density at radius 2 is 2.25 bits per heavy atom. The number of hydrogen-bond acceptors (Lipinski definition) is 3. The molecule has 0 aliphatic rings. The summed E-state index contributed by atoms with van der Waals surface area (Å²) in [5.74, 6) is -0.701. The van der Waals surface area contributed by atoms with Crippen molar-refractivity contribution in [3.63, 3.8) is 0 Å². The largest absolute Gasteiger partial charge is 0.515 e. The molecule has 0 radical (unpaired) electrons. The van der Waals surface area contributed by atoms with Crippen LogP contribution in [0.4, 0.5) is 0 Å². The molecule has 0 rings (SSSR count). The molecule has 1 amide bonds. The normalized spacial score (nSPS) is 11.0. The van der Waals surface area contributed by atoms with Gasteiger partial charge >= 0.3 is 0 Å². The molecule has 0 heterocycles. The molecule has 46 valence electrons. The highest BCUT2D eigenvalue weighted by molar-refractivity contribution is 5.91. The van der Waals surface area contributed by atoms with Crippen LogP contribution in [0.5, 0.6) is 0 Å². The summed E-state index contributed by atoms with van der Waals surface area (Å²) in [7, 11) is 0. The standard InChI is InChI=1S/C4H7NO3/c1-3(2-6)4(7)5-8/h2,6,8H,1H3,(H,5,7). The van der Waals surface area contributed by atoms with Crippen molar-refractivity contribution in [3.8, 4) is 0 Å². The van der Waals surface area contributed by atoms with Gasteiger partial charge in [-0.25, -0.2) is 5.48 Å². The molecule has 0 saturated heterocycles. The smallest absolute Gasteiger partial charge is 0.273 e. The average Bonchev–Trinajstić information content (AvgIpc) is 1.84. The summed E-state index contributed by atoms with van der Waals surface area (Å²) in [6.45, 7) is 1.37. The summed E-state index contributed by atoms with van der Waals surface area (Å²) in [6, 6.07) is 0. The molecule has 0 unspecified atom stereocenters. The minimum absolute atomic E-state index is 0.0625. The molecule has 0 aromatic heterocycles. The molecule has 0 aromatic rings. The number of hydroxylamine groups is 1. The Morgan fingerprint density at radius 3 is 2.38 bits per heavy atom. The van der Waals surface area contributed by atoms with Crippen LogP contribution in [-0.2, 0) is 4.79 Å². The van der Waals surface area contributed by atoms with E-state index in [9.17, 15) is 4.79 Å². The zero-order chi connectivity index (χ0) is 6.57. The molecule has 0 saturated carbocycles. The summed E-state index contributed by atoms with van der Waals surface area (Å²) >= 11 is 0. The lowest BCUT2D eigenvalue weighted by atomic mass is 10.3. The summed E-state index contributed by atoms with van der Waals surface area (Å²) in [6.07, 6.45) is 0.617. The van der Waals surface area contributed by atoms with E-state index in [1.54, 1.807) is 0 Å². The number of carbonyl (C=O) groups is 1. The first kappa shape index (κ1) is 6.97. The van der Waals surface area contributed by atoms with Crippen molar-refractivity contribution >= 4 is 5.91 Å². The molecule has 0 aliphatic carbocycles. The lowest BCUT2D eigenvalue weighted by Gasteiger charge is -1.92. The third-order valence-corrected chi connectivity index (χ3v) is 0.653. The van der Waals surface area contributed by atoms with Crippen LogP contribution in [0.25, 0.3) is 0 Å². The van der Waals surface area contributed by atoms with Gasteiger partial charge in [-0.15, -0.1) is 0 Å². The van der Waals surface area contributed by atoms with E-state index in [0.29, 0.717) is 6.26 Å². The van der Waals surface area contributed by atoms with Crippen molar-refractivity contribution in [2.24, 2.45) is 0 Å². The fourth-order valence-electron chi connectivity index (χ4n) is 0.147. The van der Waals surface area contributed by atoms with E-state index in [4.69, 9.17) is 10.3 Å². The molecule has 4 heteroatoms. The lowest BCUT2D eigenvalue weighted by Crippen LogP contribution is -2.19. The molecule has 3 N–H and O–H groups in total. The van der Waals surface area contributed by atoms with Gasteiger partial charge in [-0.2, -0.15) is 0 Å². The van der Waals surface area contributed by atoms with E-state index in [-0.39, 0.29) is 5.57 Å². The third-order valence-electron chi connectivity index (χ3n) is 0.653. The maximum atomic E-state index is 10.2. The van der Waals surface area contributed by atoms with E-state index in [2.05, 4.69) is 0 Å². The summed E-state index contributed by atoms with van der Waals surface area (Å²) < 4.78 is 0. The number of carbonyl (C=O) groups excluding carboxylic acids is 1. The number of aliphatic hydroxyl groups excluding tert-OH is 1. The summed E-state index contributed by atoms with van der Waals surface area (Å²) in [4.78, 5) is 10.2. The van der Waals surface area contributed by atoms with E-state index < -0.39 is 5.91 Å². The predicted molar refractivity (Wildman–Crippen MR) is 26.3 cm³/mol. The highest BCUT2D eigenvalue weighted by atomic mass is 16.5. The topological polar surface area (TPSA) is 69.6 Å². The van der Waals surface area contributed by atoms with E-state index in [0.717, 1.165) is 0 Å². The molecule has 0 fully saturated rings. The van der Waals surface area contributed by atoms with Crippen molar-refractivity contribution in [2.45, 2.75) is 6.92 Å². The number of rotatable bonds is 1. The molecule has 0 bridgehead atoms. The molecular weight excluding hydrogens is 110 g/mol. The first-order chi connectivity index (χ1) is 3.72. The van der Waals surface area contributed by atoms with Crippen LogP contribution in [0, 0.1) is 0 Å². The third kappa shape index (κ3) is 1.61. The van der Waals surface area contributed by atoms with Crippen molar-refractivity contribution in [1.82, 2.24) is 5.48 Å². The van der Waals surface area contributed by atoms with Crippen molar-refractivity contribution in [2.75, 3.05) is 0 Å². The zero-order valence-electron chi connectivity index (χ0n) is 4.38. The van der Waals surface area contributed by atoms with Gasteiger partial charge < -0.3 is 5.11 Å². The monoisotopic (exact) mass is 117 g/mol. The molecule has 0 spiro atoms. The van der Waals surface area contributed by atoms with Gasteiger partial charge in [-0.05, 0) is 6.92 Å². The Bertz CT molecular complexity index is 118. The number of aliphatic hydroxyl groups is 1. The molecular formula is C4H7NO3. The second-order valence-corrected chi connectivity index (χ2v) is 1.25. The van der Waals surface area contributed by atoms with Crippen LogP contribution >= 0.6 is 0 Å². The van der Waals surface area contributed by atoms with E-state index >= 15 is 0 Å². The Labute approximate surface area is 46.4 Å². The number of hydrogen-bond donors (Lipinski definition) is 3. The molecule has 8 heavy (non-hydrogen) atoms. The van der Waals surface area contributed by atoms with Gasteiger partial charge in [0.1, 0.15) is 0 Å². The second-order valence-electron chi connectivity index (χ2n) is 1.25. The fraction of sp³-hybridized carbons (Fsp3) is 0.250. The molecule has 0 aliphatic heterocycles. The lowest BCUT2D eigenvalue weighted by molar-refractivity contribution is -0.125. The van der Waals surface area contributed by atoms with Crippen LogP contribution in [0.1, 0.15) is 6.92 Å². The molecule has 0 aromatic carbocycles. The minimum Gasteiger partial charge on any atom is -0.515 e. The van der Waals surface area contributed by atoms with Crippen molar-refractivity contribution in [1.29, 1.82) is 0 Å². The van der Waals surface area contributed by atoms with E-state index in [1.165, 1.54) is 12.4 Å². The van der Waals surface area contributed by atoms with Gasteiger partial charge in [0.2, 0.25) is 0 Å². The SMILES string of the molecule is CC(=CO)C(=O)NO. The van der Waals surface area contributed by atoms with Gasteiger partial charge in [0.15, 0.2) is 0 Å². The van der Waals surface area contributed by atoms with Gasteiger partial charge in [0.25, 0.3) is 5.91 Å². The first-order valence-electron chi connectivity index (χ1n) is 1.97. The summed E-state index contributed by atoms with van der Waals surface area (Å²) in [5, 5.41) is 16.0. The van der Waals surface area contributed by atoms with Crippen LogP contribution in [0.15, 0.2) is 11.8 Å². The second kappa shape index (κ2) is 3.04. The van der Waals surface area contributed by atoms with Gasteiger partial charge in [0.05, 0.1) is 11.8 Å². The highest BCUT2D eigenvalue weighted by Crippen LogP contribution is 1.86. The minimum atomic E-state index is -0.701. The maximum Gasteiger partial charge on any atom is 0.273 e. The fourth-order valence-corrected chi connectivity index (χ4v) is 0.147. The molecule has 0 atom stereocenters. The Kier molecular flexibility index (Phi) is 2.64. The summed E-state index contributed by atoms with van der Waals surface area (Å²) in [5.41, 5.74) is 1.41. The van der Waals surface area contributed by atoms with Crippen LogP contribution < -0.4 is 5.48 Å². The average molecular weight is 117 g/mol. The maximum absolute atomic E-state index is 10.2. The first-order valence-corrected chi connectivity index (χ1v) is 1.97. The van der Waals surface area contributed by atoms with Crippen molar-refractivity contribution in [3.05, 3.63) is 11.8 Å². The van der Waals surface area contributed by atoms with Crippen LogP contribution in [0.3, 0.4) is 0 Å². The Morgan fingerprint density at radius 1 is 1.75 bits per heavy atom. The van der Waals surface area contributed by atoms with E-state index in [1.807, 2.05) is 0 Å². The van der Waals surface area contributed by atoms with Gasteiger partial charge in [-0.1, -0.05) is 0 Å². The van der Waals surface area contributed by atoms with Gasteiger partial charge in [-0.3, -0.25) is 10.0 Å². The highest BCUT2D eigenvalue weighted by Gasteiger charge is 1.98. The number of nitrogens with one attached hydrogen (secondary N) is 1. The van der Waals surface area contributed by atoms with Crippen LogP contribution in [-0.4, -0.2) is 16.2 Å². The van der Waals surface area contributed by atoms with Crippen molar-refractivity contribution < 1.29 is 15.1 Å². The molecule has 4 nitrogen and oxygen atoms in total. The number of amides is 1. The zero-order valence-corrected chi connectivity index (χ0v) is 4.38. The van der Waals surface area contributed by atoms with Gasteiger partial charge in [0, 0.05) is 0 Å². The predicted octanol–water partition coefficient (Wildman–Crippen LogP) is -0.0464. The Hall–Kier alpha value is -1.03. The quantitative estimate of drug-likeness (QED) is 0.195.